The van der Waals surface area contributed by atoms with Crippen LogP contribution in [0.2, 0.25) is 0 Å². The van der Waals surface area contributed by atoms with E-state index in [0.717, 1.165) is 17.1 Å². The zero-order valence-electron chi connectivity index (χ0n) is 10.0. The summed E-state index contributed by atoms with van der Waals surface area (Å²) in [6.45, 7) is 0.278. The Hall–Kier alpha value is -1.75. The molecule has 0 spiro atoms. The van der Waals surface area contributed by atoms with Gasteiger partial charge < -0.3 is 9.47 Å². The zero-order chi connectivity index (χ0) is 12.3. The van der Waals surface area contributed by atoms with E-state index in [1.165, 1.54) is 0 Å². The Morgan fingerprint density at radius 1 is 1.35 bits per heavy atom. The Morgan fingerprint density at radius 3 is 2.88 bits per heavy atom. The number of rotatable bonds is 4. The van der Waals surface area contributed by atoms with Gasteiger partial charge in [0.15, 0.2) is 11.5 Å². The Morgan fingerprint density at radius 2 is 2.12 bits per heavy atom. The number of hydrogen-bond acceptors (Lipinski definition) is 4. The summed E-state index contributed by atoms with van der Waals surface area (Å²) in [5.74, 6) is 1.54. The van der Waals surface area contributed by atoms with Crippen LogP contribution in [0.4, 0.5) is 0 Å². The van der Waals surface area contributed by atoms with E-state index in [-0.39, 0.29) is 12.7 Å². The number of nitrogens with zero attached hydrogens (tertiary/aromatic N) is 1. The van der Waals surface area contributed by atoms with Crippen LogP contribution < -0.4 is 14.9 Å². The van der Waals surface area contributed by atoms with Crippen molar-refractivity contribution in [1.82, 2.24) is 10.4 Å². The van der Waals surface area contributed by atoms with Gasteiger partial charge in [-0.25, -0.2) is 5.01 Å². The number of carbonyl (C=O) groups excluding carboxylic acids is 1. The molecule has 0 saturated heterocycles. The molecule has 1 N–H and O–H groups in total. The van der Waals surface area contributed by atoms with Gasteiger partial charge >= 0.3 is 0 Å². The average Bonchev–Trinajstić information content (AvgIpc) is 2.72. The second kappa shape index (κ2) is 5.05. The van der Waals surface area contributed by atoms with Crippen LogP contribution in [0.1, 0.15) is 12.0 Å². The Bertz CT molecular complexity index is 418. The van der Waals surface area contributed by atoms with Gasteiger partial charge in [-0.3, -0.25) is 10.2 Å². The number of nitrogens with one attached hydrogen (secondary N) is 1. The second-order valence-corrected chi connectivity index (χ2v) is 4.12. The molecule has 1 aromatic rings. The molecular formula is C12H16N2O3. The van der Waals surface area contributed by atoms with Gasteiger partial charge in [0.05, 0.1) is 0 Å². The van der Waals surface area contributed by atoms with E-state index in [9.17, 15) is 4.79 Å². The summed E-state index contributed by atoms with van der Waals surface area (Å²) in [6, 6.07) is 5.75. The second-order valence-electron chi connectivity index (χ2n) is 4.12. The zero-order valence-corrected chi connectivity index (χ0v) is 10.0. The van der Waals surface area contributed by atoms with Crippen LogP contribution in [0.25, 0.3) is 0 Å². The maximum absolute atomic E-state index is 11.5. The highest BCUT2D eigenvalue weighted by atomic mass is 16.7. The largest absolute Gasteiger partial charge is 0.454 e. The number of ether oxygens (including phenoxy) is 2. The lowest BCUT2D eigenvalue weighted by Gasteiger charge is -2.11. The van der Waals surface area contributed by atoms with Crippen molar-refractivity contribution in [3.05, 3.63) is 23.8 Å². The third kappa shape index (κ3) is 3.10. The topological polar surface area (TPSA) is 50.8 Å². The molecule has 1 heterocycles. The van der Waals surface area contributed by atoms with Crippen LogP contribution in [0, 0.1) is 0 Å². The lowest BCUT2D eigenvalue weighted by atomic mass is 10.1. The number of carbonyl (C=O) groups is 1. The van der Waals surface area contributed by atoms with Crippen molar-refractivity contribution in [1.29, 1.82) is 0 Å². The highest BCUT2D eigenvalue weighted by molar-refractivity contribution is 5.75. The summed E-state index contributed by atoms with van der Waals surface area (Å²) in [5, 5.41) is 1.64. The first kappa shape index (κ1) is 11.7. The molecule has 17 heavy (non-hydrogen) atoms. The summed E-state index contributed by atoms with van der Waals surface area (Å²) in [6.07, 6.45) is 1.15. The van der Waals surface area contributed by atoms with Gasteiger partial charge in [0, 0.05) is 20.5 Å². The van der Waals surface area contributed by atoms with Gasteiger partial charge in [0.1, 0.15) is 0 Å². The van der Waals surface area contributed by atoms with Gasteiger partial charge in [-0.1, -0.05) is 6.07 Å². The van der Waals surface area contributed by atoms with E-state index < -0.39 is 0 Å². The van der Waals surface area contributed by atoms with Crippen LogP contribution >= 0.6 is 0 Å². The standard InChI is InChI=1S/C12H16N2O3/c1-14(2)13-12(15)6-4-9-3-5-10-11(7-9)17-8-16-10/h3,5,7H,4,6,8H2,1-2H3,(H,13,15). The maximum atomic E-state index is 11.5. The summed E-state index contributed by atoms with van der Waals surface area (Å²) in [4.78, 5) is 11.5. The summed E-state index contributed by atoms with van der Waals surface area (Å²) < 4.78 is 10.5. The van der Waals surface area contributed by atoms with Crippen LogP contribution in [0.3, 0.4) is 0 Å². The van der Waals surface area contributed by atoms with Crippen molar-refractivity contribution < 1.29 is 14.3 Å². The Labute approximate surface area is 100 Å². The van der Waals surface area contributed by atoms with E-state index in [1.807, 2.05) is 18.2 Å². The molecule has 1 aliphatic heterocycles. The molecule has 92 valence electrons. The molecule has 0 saturated carbocycles. The van der Waals surface area contributed by atoms with Crippen LogP contribution in [-0.4, -0.2) is 31.8 Å². The minimum atomic E-state index is 0.00710. The lowest BCUT2D eigenvalue weighted by Crippen LogP contribution is -2.36. The molecule has 0 radical (unpaired) electrons. The Balaban J connectivity index is 1.89. The Kier molecular flexibility index (Phi) is 3.49. The third-order valence-corrected chi connectivity index (χ3v) is 2.43. The van der Waals surface area contributed by atoms with Gasteiger partial charge in [-0.2, -0.15) is 0 Å². The SMILES string of the molecule is CN(C)NC(=O)CCc1ccc2c(c1)OCO2. The molecule has 5 heteroatoms. The van der Waals surface area contributed by atoms with Crippen molar-refractivity contribution in [3.8, 4) is 11.5 Å². The normalized spacial score (nSPS) is 12.9. The first-order valence-corrected chi connectivity index (χ1v) is 5.50. The quantitative estimate of drug-likeness (QED) is 0.790. The van der Waals surface area contributed by atoms with Crippen LogP contribution in [0.5, 0.6) is 11.5 Å². The van der Waals surface area contributed by atoms with E-state index in [2.05, 4.69) is 5.43 Å². The fourth-order valence-corrected chi connectivity index (χ4v) is 1.66. The summed E-state index contributed by atoms with van der Waals surface area (Å²) >= 11 is 0. The minimum Gasteiger partial charge on any atom is -0.454 e. The number of fused-ring (bicyclic) bond motifs is 1. The molecule has 1 amide bonds. The maximum Gasteiger partial charge on any atom is 0.234 e. The number of aryl methyl sites for hydroxylation is 1. The molecule has 1 aliphatic rings. The predicted molar refractivity (Wildman–Crippen MR) is 62.7 cm³/mol. The smallest absolute Gasteiger partial charge is 0.234 e. The number of benzene rings is 1. The first-order valence-electron chi connectivity index (χ1n) is 5.50. The van der Waals surface area contributed by atoms with Crippen molar-refractivity contribution in [3.63, 3.8) is 0 Å². The van der Waals surface area contributed by atoms with Gasteiger partial charge in [0.25, 0.3) is 0 Å². The fraction of sp³-hybridized carbons (Fsp3) is 0.417. The van der Waals surface area contributed by atoms with Gasteiger partial charge in [-0.05, 0) is 24.1 Å². The van der Waals surface area contributed by atoms with Gasteiger partial charge in [-0.15, -0.1) is 0 Å². The average molecular weight is 236 g/mol. The number of hydrogen-bond donors (Lipinski definition) is 1. The lowest BCUT2D eigenvalue weighted by molar-refractivity contribution is -0.124. The van der Waals surface area contributed by atoms with E-state index >= 15 is 0 Å². The molecule has 0 fully saturated rings. The minimum absolute atomic E-state index is 0.00710. The molecule has 0 aliphatic carbocycles. The van der Waals surface area contributed by atoms with E-state index in [0.29, 0.717) is 12.8 Å². The molecule has 1 aromatic carbocycles. The predicted octanol–water partition coefficient (Wildman–Crippen LogP) is 0.941. The summed E-state index contributed by atoms with van der Waals surface area (Å²) in [5.41, 5.74) is 3.78. The van der Waals surface area contributed by atoms with Crippen LogP contribution in [0.15, 0.2) is 18.2 Å². The van der Waals surface area contributed by atoms with E-state index in [1.54, 1.807) is 19.1 Å². The van der Waals surface area contributed by atoms with E-state index in [4.69, 9.17) is 9.47 Å². The van der Waals surface area contributed by atoms with Crippen molar-refractivity contribution in [2.45, 2.75) is 12.8 Å². The molecule has 0 bridgehead atoms. The monoisotopic (exact) mass is 236 g/mol. The molecule has 2 rings (SSSR count). The first-order chi connectivity index (χ1) is 8.15. The molecule has 5 nitrogen and oxygen atoms in total. The van der Waals surface area contributed by atoms with Crippen molar-refractivity contribution in [2.24, 2.45) is 0 Å². The molecule has 0 aromatic heterocycles. The van der Waals surface area contributed by atoms with Crippen molar-refractivity contribution >= 4 is 5.91 Å². The summed E-state index contributed by atoms with van der Waals surface area (Å²) in [7, 11) is 3.58. The van der Waals surface area contributed by atoms with Gasteiger partial charge in [0.2, 0.25) is 12.7 Å². The molecule has 0 unspecified atom stereocenters. The highest BCUT2D eigenvalue weighted by Gasteiger charge is 2.13. The molecule has 0 atom stereocenters. The highest BCUT2D eigenvalue weighted by Crippen LogP contribution is 2.32. The number of hydrazine groups is 1. The van der Waals surface area contributed by atoms with Crippen LogP contribution in [-0.2, 0) is 11.2 Å². The molecular weight excluding hydrogens is 220 g/mol. The fourth-order valence-electron chi connectivity index (χ4n) is 1.66. The van der Waals surface area contributed by atoms with Crippen molar-refractivity contribution in [2.75, 3.05) is 20.9 Å². The third-order valence-electron chi connectivity index (χ3n) is 2.43. The number of amides is 1.